The molecule has 0 N–H and O–H groups in total. The number of nitrogens with zero attached hydrogens (tertiary/aromatic N) is 2. The van der Waals surface area contributed by atoms with Gasteiger partial charge >= 0.3 is 0 Å². The van der Waals surface area contributed by atoms with Crippen molar-refractivity contribution in [1.29, 1.82) is 0 Å². The second kappa shape index (κ2) is 5.51. The van der Waals surface area contributed by atoms with E-state index in [4.69, 9.17) is 0 Å². The maximum atomic E-state index is 12.8. The van der Waals surface area contributed by atoms with Gasteiger partial charge in [0.25, 0.3) is 0 Å². The molecule has 2 nitrogen and oxygen atoms in total. The molecule has 90 valence electrons. The molecular formula is C14H11FN2S. The van der Waals surface area contributed by atoms with E-state index in [0.717, 1.165) is 16.3 Å². The predicted molar refractivity (Wildman–Crippen MR) is 74.4 cm³/mol. The average molecular weight is 258 g/mol. The lowest BCUT2D eigenvalue weighted by Gasteiger charge is -1.96. The Balaban J connectivity index is 2.35. The van der Waals surface area contributed by atoms with Gasteiger partial charge in [-0.25, -0.2) is 9.37 Å². The van der Waals surface area contributed by atoms with E-state index >= 15 is 0 Å². The van der Waals surface area contributed by atoms with Crippen LogP contribution < -0.4 is 0 Å². The molecule has 0 saturated carbocycles. The molecule has 0 fully saturated rings. The fraction of sp³-hybridized carbons (Fsp3) is 0. The number of hydrogen-bond acceptors (Lipinski definition) is 3. The van der Waals surface area contributed by atoms with Gasteiger partial charge in [0.1, 0.15) is 16.5 Å². The summed E-state index contributed by atoms with van der Waals surface area (Å²) in [5.41, 5.74) is 2.30. The van der Waals surface area contributed by atoms with E-state index < -0.39 is 0 Å². The number of rotatable bonds is 4. The second-order valence-corrected chi connectivity index (χ2v) is 4.30. The van der Waals surface area contributed by atoms with E-state index in [1.807, 2.05) is 5.38 Å². The first-order valence-corrected chi connectivity index (χ1v) is 6.15. The lowest BCUT2D eigenvalue weighted by atomic mass is 10.2. The quantitative estimate of drug-likeness (QED) is 0.759. The molecule has 1 aromatic carbocycles. The van der Waals surface area contributed by atoms with Gasteiger partial charge in [-0.1, -0.05) is 13.2 Å². The SMILES string of the molecule is C=CN=C(C=C)c1csc(-c2ccc(F)cc2)n1. The molecule has 0 amide bonds. The first kappa shape index (κ1) is 12.4. The minimum absolute atomic E-state index is 0.254. The van der Waals surface area contributed by atoms with Gasteiger partial charge in [0, 0.05) is 17.1 Å². The monoisotopic (exact) mass is 258 g/mol. The standard InChI is InChI=1S/C14H11FN2S/c1-3-12(16-4-2)13-9-18-14(17-13)10-5-7-11(15)8-6-10/h3-9H,1-2H2. The smallest absolute Gasteiger partial charge is 0.124 e. The van der Waals surface area contributed by atoms with Crippen molar-refractivity contribution >= 4 is 17.0 Å². The van der Waals surface area contributed by atoms with Gasteiger partial charge in [-0.05, 0) is 30.3 Å². The highest BCUT2D eigenvalue weighted by atomic mass is 32.1. The third kappa shape index (κ3) is 2.60. The minimum Gasteiger partial charge on any atom is -0.255 e. The molecule has 0 unspecified atom stereocenters. The molecule has 0 aliphatic rings. The Kier molecular flexibility index (Phi) is 3.79. The molecule has 0 aliphatic heterocycles. The third-order valence-corrected chi connectivity index (χ3v) is 3.17. The summed E-state index contributed by atoms with van der Waals surface area (Å²) in [6.07, 6.45) is 3.08. The Labute approximate surface area is 109 Å². The van der Waals surface area contributed by atoms with E-state index in [0.29, 0.717) is 5.71 Å². The zero-order chi connectivity index (χ0) is 13.0. The van der Waals surface area contributed by atoms with Crippen molar-refractivity contribution in [3.8, 4) is 10.6 Å². The van der Waals surface area contributed by atoms with Crippen LogP contribution in [0.4, 0.5) is 4.39 Å². The summed E-state index contributed by atoms with van der Waals surface area (Å²) >= 11 is 1.48. The molecule has 0 saturated heterocycles. The highest BCUT2D eigenvalue weighted by Gasteiger charge is 2.07. The van der Waals surface area contributed by atoms with Crippen LogP contribution in [0.2, 0.25) is 0 Å². The van der Waals surface area contributed by atoms with Gasteiger partial charge in [-0.15, -0.1) is 11.3 Å². The van der Waals surface area contributed by atoms with Crippen LogP contribution in [-0.4, -0.2) is 10.7 Å². The van der Waals surface area contributed by atoms with Crippen LogP contribution >= 0.6 is 11.3 Å². The van der Waals surface area contributed by atoms with Crippen molar-refractivity contribution in [3.63, 3.8) is 0 Å². The summed E-state index contributed by atoms with van der Waals surface area (Å²) in [6, 6.07) is 6.25. The molecule has 0 bridgehead atoms. The van der Waals surface area contributed by atoms with Crippen molar-refractivity contribution < 1.29 is 4.39 Å². The highest BCUT2D eigenvalue weighted by molar-refractivity contribution is 7.13. The van der Waals surface area contributed by atoms with Gasteiger partial charge < -0.3 is 0 Å². The number of aromatic nitrogens is 1. The largest absolute Gasteiger partial charge is 0.255 e. The van der Waals surface area contributed by atoms with Gasteiger partial charge in [0.2, 0.25) is 0 Å². The molecular weight excluding hydrogens is 247 g/mol. The summed E-state index contributed by atoms with van der Waals surface area (Å²) < 4.78 is 12.8. The molecule has 0 atom stereocenters. The van der Waals surface area contributed by atoms with E-state index in [1.54, 1.807) is 18.2 Å². The third-order valence-electron chi connectivity index (χ3n) is 2.28. The molecule has 0 aliphatic carbocycles. The average Bonchev–Trinajstić information content (AvgIpc) is 2.86. The molecule has 2 rings (SSSR count). The Morgan fingerprint density at radius 3 is 2.61 bits per heavy atom. The summed E-state index contributed by atoms with van der Waals surface area (Å²) in [5, 5.41) is 2.71. The van der Waals surface area contributed by atoms with Crippen LogP contribution in [0.3, 0.4) is 0 Å². The number of benzene rings is 1. The minimum atomic E-state index is -0.254. The second-order valence-electron chi connectivity index (χ2n) is 3.45. The number of aliphatic imine (C=N–C) groups is 1. The zero-order valence-corrected chi connectivity index (χ0v) is 10.5. The maximum Gasteiger partial charge on any atom is 0.124 e. The van der Waals surface area contributed by atoms with Crippen LogP contribution in [0.1, 0.15) is 5.69 Å². The number of allylic oxidation sites excluding steroid dienone is 1. The molecule has 0 radical (unpaired) electrons. The van der Waals surface area contributed by atoms with Crippen LogP contribution in [-0.2, 0) is 0 Å². The molecule has 1 aromatic heterocycles. The number of hydrogen-bond donors (Lipinski definition) is 0. The van der Waals surface area contributed by atoms with E-state index in [9.17, 15) is 4.39 Å². The van der Waals surface area contributed by atoms with Gasteiger partial charge in [-0.3, -0.25) is 4.99 Å². The molecule has 2 aromatic rings. The summed E-state index contributed by atoms with van der Waals surface area (Å²) in [7, 11) is 0. The van der Waals surface area contributed by atoms with Crippen LogP contribution in [0, 0.1) is 5.82 Å². The lowest BCUT2D eigenvalue weighted by molar-refractivity contribution is 0.628. The van der Waals surface area contributed by atoms with Crippen LogP contribution in [0.25, 0.3) is 10.6 Å². The topological polar surface area (TPSA) is 25.2 Å². The van der Waals surface area contributed by atoms with Gasteiger partial charge in [0.05, 0.1) is 5.71 Å². The molecule has 4 heteroatoms. The van der Waals surface area contributed by atoms with E-state index in [2.05, 4.69) is 23.1 Å². The van der Waals surface area contributed by atoms with Crippen molar-refractivity contribution in [2.45, 2.75) is 0 Å². The maximum absolute atomic E-state index is 12.8. The van der Waals surface area contributed by atoms with Gasteiger partial charge in [-0.2, -0.15) is 0 Å². The highest BCUT2D eigenvalue weighted by Crippen LogP contribution is 2.24. The summed E-state index contributed by atoms with van der Waals surface area (Å²) in [4.78, 5) is 8.53. The zero-order valence-electron chi connectivity index (χ0n) is 9.64. The Morgan fingerprint density at radius 2 is 2.00 bits per heavy atom. The van der Waals surface area contributed by atoms with Crippen molar-refractivity contribution in [2.24, 2.45) is 4.99 Å². The van der Waals surface area contributed by atoms with Crippen LogP contribution in [0.15, 0.2) is 60.1 Å². The Bertz CT molecular complexity index is 597. The fourth-order valence-electron chi connectivity index (χ4n) is 1.44. The first-order valence-electron chi connectivity index (χ1n) is 5.27. The lowest BCUT2D eigenvalue weighted by Crippen LogP contribution is -1.95. The fourth-order valence-corrected chi connectivity index (χ4v) is 2.26. The van der Waals surface area contributed by atoms with Crippen molar-refractivity contribution in [1.82, 2.24) is 4.98 Å². The number of thiazole rings is 1. The van der Waals surface area contributed by atoms with Crippen LogP contribution in [0.5, 0.6) is 0 Å². The van der Waals surface area contributed by atoms with Gasteiger partial charge in [0.15, 0.2) is 0 Å². The van der Waals surface area contributed by atoms with E-state index in [-0.39, 0.29) is 5.82 Å². The van der Waals surface area contributed by atoms with E-state index in [1.165, 1.54) is 29.7 Å². The first-order chi connectivity index (χ1) is 8.74. The van der Waals surface area contributed by atoms with Crippen molar-refractivity contribution in [3.05, 3.63) is 66.6 Å². The number of halogens is 1. The Hall–Kier alpha value is -2.07. The molecule has 1 heterocycles. The Morgan fingerprint density at radius 1 is 1.28 bits per heavy atom. The predicted octanol–water partition coefficient (Wildman–Crippen LogP) is 4.07. The summed E-state index contributed by atoms with van der Waals surface area (Å²) in [5.74, 6) is -0.254. The molecule has 18 heavy (non-hydrogen) atoms. The molecule has 0 spiro atoms. The normalized spacial score (nSPS) is 11.3. The summed E-state index contributed by atoms with van der Waals surface area (Å²) in [6.45, 7) is 7.23. The van der Waals surface area contributed by atoms with Crippen molar-refractivity contribution in [2.75, 3.05) is 0 Å².